The molecule has 0 aromatic rings. The van der Waals surface area contributed by atoms with Crippen molar-refractivity contribution in [3.05, 3.63) is 23.4 Å². The van der Waals surface area contributed by atoms with Crippen LogP contribution < -0.4 is 5.73 Å². The van der Waals surface area contributed by atoms with Gasteiger partial charge in [-0.1, -0.05) is 37.6 Å². The predicted molar refractivity (Wildman–Crippen MR) is 57.5 cm³/mol. The Hall–Kier alpha value is -0.470. The maximum atomic E-state index is 6.01. The minimum atomic E-state index is 0.189. The lowest BCUT2D eigenvalue weighted by Gasteiger charge is -2.28. The van der Waals surface area contributed by atoms with Crippen molar-refractivity contribution in [2.45, 2.75) is 19.9 Å². The number of hydrogen-bond acceptors (Lipinski definition) is 2. The summed E-state index contributed by atoms with van der Waals surface area (Å²) in [5.41, 5.74) is 5.96. The first-order chi connectivity index (χ1) is 6.11. The first-order valence-electron chi connectivity index (χ1n) is 4.64. The van der Waals surface area contributed by atoms with Crippen LogP contribution in [0.2, 0.25) is 0 Å². The molecule has 1 aliphatic rings. The van der Waals surface area contributed by atoms with Gasteiger partial charge in [0.2, 0.25) is 0 Å². The summed E-state index contributed by atoms with van der Waals surface area (Å²) in [4.78, 5) is 2.09. The first-order valence-corrected chi connectivity index (χ1v) is 5.02. The molecule has 0 saturated carbocycles. The SMILES string of the molecule is CC(C)[C@H](N)CN1CC=CC=C1Cl. The molecule has 1 heterocycles. The highest BCUT2D eigenvalue weighted by Crippen LogP contribution is 2.15. The molecule has 0 saturated heterocycles. The van der Waals surface area contributed by atoms with E-state index in [1.54, 1.807) is 0 Å². The molecule has 2 N–H and O–H groups in total. The van der Waals surface area contributed by atoms with Crippen LogP contribution in [0.1, 0.15) is 13.8 Å². The monoisotopic (exact) mass is 200 g/mol. The molecule has 0 unspecified atom stereocenters. The van der Waals surface area contributed by atoms with Crippen molar-refractivity contribution in [3.8, 4) is 0 Å². The molecule has 0 spiro atoms. The van der Waals surface area contributed by atoms with Gasteiger partial charge < -0.3 is 10.6 Å². The second kappa shape index (κ2) is 4.68. The molecule has 0 aromatic carbocycles. The average molecular weight is 201 g/mol. The lowest BCUT2D eigenvalue weighted by atomic mass is 10.1. The number of hydrogen-bond donors (Lipinski definition) is 1. The van der Waals surface area contributed by atoms with E-state index in [1.807, 2.05) is 12.2 Å². The van der Waals surface area contributed by atoms with Gasteiger partial charge in [0.05, 0.1) is 0 Å². The standard InChI is InChI=1S/C10H17ClN2/c1-8(2)9(12)7-13-6-4-3-5-10(13)11/h3-5,8-9H,6-7,12H2,1-2H3/t9-/m1/s1. The van der Waals surface area contributed by atoms with E-state index >= 15 is 0 Å². The zero-order valence-electron chi connectivity index (χ0n) is 8.20. The van der Waals surface area contributed by atoms with E-state index in [0.717, 1.165) is 18.2 Å². The summed E-state index contributed by atoms with van der Waals surface area (Å²) in [6.45, 7) is 5.96. The fourth-order valence-corrected chi connectivity index (χ4v) is 1.37. The molecule has 1 rings (SSSR count). The van der Waals surface area contributed by atoms with E-state index in [4.69, 9.17) is 17.3 Å². The summed E-state index contributed by atoms with van der Waals surface area (Å²) >= 11 is 6.01. The van der Waals surface area contributed by atoms with Gasteiger partial charge in [0, 0.05) is 19.1 Å². The Bertz CT molecular complexity index is 221. The van der Waals surface area contributed by atoms with Gasteiger partial charge in [0.1, 0.15) is 5.16 Å². The van der Waals surface area contributed by atoms with Gasteiger partial charge in [0.25, 0.3) is 0 Å². The van der Waals surface area contributed by atoms with E-state index in [1.165, 1.54) is 0 Å². The number of halogens is 1. The molecule has 13 heavy (non-hydrogen) atoms. The van der Waals surface area contributed by atoms with E-state index in [-0.39, 0.29) is 6.04 Å². The van der Waals surface area contributed by atoms with Gasteiger partial charge in [-0.3, -0.25) is 0 Å². The third-order valence-corrected chi connectivity index (χ3v) is 2.65. The lowest BCUT2D eigenvalue weighted by Crippen LogP contribution is -2.40. The van der Waals surface area contributed by atoms with Crippen LogP contribution in [0.3, 0.4) is 0 Å². The average Bonchev–Trinajstić information content (AvgIpc) is 2.08. The molecule has 0 bridgehead atoms. The highest BCUT2D eigenvalue weighted by Gasteiger charge is 2.14. The second-order valence-corrected chi connectivity index (χ2v) is 4.12. The van der Waals surface area contributed by atoms with Crippen molar-refractivity contribution in [2.75, 3.05) is 13.1 Å². The highest BCUT2D eigenvalue weighted by molar-refractivity contribution is 6.29. The van der Waals surface area contributed by atoms with Crippen LogP contribution in [0.15, 0.2) is 23.4 Å². The molecule has 1 atom stereocenters. The Kier molecular flexibility index (Phi) is 3.82. The quantitative estimate of drug-likeness (QED) is 0.706. The summed E-state index contributed by atoms with van der Waals surface area (Å²) in [5, 5.41) is 0.790. The van der Waals surface area contributed by atoms with E-state index in [0.29, 0.717) is 5.92 Å². The summed E-state index contributed by atoms with van der Waals surface area (Å²) < 4.78 is 0. The molecular weight excluding hydrogens is 184 g/mol. The van der Waals surface area contributed by atoms with Crippen LogP contribution in [-0.4, -0.2) is 24.0 Å². The molecule has 1 aliphatic heterocycles. The van der Waals surface area contributed by atoms with Gasteiger partial charge >= 0.3 is 0 Å². The molecule has 2 nitrogen and oxygen atoms in total. The van der Waals surface area contributed by atoms with Gasteiger partial charge in [-0.05, 0) is 12.0 Å². The molecule has 0 amide bonds. The largest absolute Gasteiger partial charge is 0.357 e. The van der Waals surface area contributed by atoms with Crippen LogP contribution in [0.25, 0.3) is 0 Å². The summed E-state index contributed by atoms with van der Waals surface area (Å²) in [7, 11) is 0. The molecule has 0 radical (unpaired) electrons. The van der Waals surface area contributed by atoms with Gasteiger partial charge in [-0.25, -0.2) is 0 Å². The van der Waals surface area contributed by atoms with Crippen LogP contribution in [0, 0.1) is 5.92 Å². The summed E-state index contributed by atoms with van der Waals surface area (Å²) in [5.74, 6) is 0.496. The minimum absolute atomic E-state index is 0.189. The Morgan fingerprint density at radius 3 is 2.85 bits per heavy atom. The van der Waals surface area contributed by atoms with E-state index in [9.17, 15) is 0 Å². The number of rotatable bonds is 3. The molecule has 0 aromatic heterocycles. The molecular formula is C10H17ClN2. The van der Waals surface area contributed by atoms with Crippen LogP contribution in [0.5, 0.6) is 0 Å². The first kappa shape index (κ1) is 10.6. The third kappa shape index (κ3) is 3.05. The fraction of sp³-hybridized carbons (Fsp3) is 0.600. The number of nitrogens with two attached hydrogens (primary N) is 1. The van der Waals surface area contributed by atoms with Crippen LogP contribution in [-0.2, 0) is 0 Å². The predicted octanol–water partition coefficient (Wildman–Crippen LogP) is 1.92. The maximum absolute atomic E-state index is 6.01. The fourth-order valence-electron chi connectivity index (χ4n) is 1.16. The minimum Gasteiger partial charge on any atom is -0.357 e. The van der Waals surface area contributed by atoms with Crippen molar-refractivity contribution in [2.24, 2.45) is 11.7 Å². The molecule has 0 fully saturated rings. The van der Waals surface area contributed by atoms with E-state index < -0.39 is 0 Å². The highest BCUT2D eigenvalue weighted by atomic mass is 35.5. The maximum Gasteiger partial charge on any atom is 0.105 e. The van der Waals surface area contributed by atoms with Crippen LogP contribution >= 0.6 is 11.6 Å². The van der Waals surface area contributed by atoms with Crippen LogP contribution in [0.4, 0.5) is 0 Å². The number of allylic oxidation sites excluding steroid dienone is 2. The number of nitrogens with zero attached hydrogens (tertiary/aromatic N) is 1. The Labute approximate surface area is 85.0 Å². The lowest BCUT2D eigenvalue weighted by molar-refractivity contribution is 0.326. The van der Waals surface area contributed by atoms with Crippen molar-refractivity contribution in [1.29, 1.82) is 0 Å². The van der Waals surface area contributed by atoms with Gasteiger partial charge in [-0.15, -0.1) is 0 Å². The normalized spacial score (nSPS) is 19.2. The van der Waals surface area contributed by atoms with Crippen molar-refractivity contribution < 1.29 is 0 Å². The third-order valence-electron chi connectivity index (χ3n) is 2.29. The molecule has 0 aliphatic carbocycles. The Morgan fingerprint density at radius 1 is 1.62 bits per heavy atom. The van der Waals surface area contributed by atoms with Gasteiger partial charge in [0.15, 0.2) is 0 Å². The van der Waals surface area contributed by atoms with Crippen molar-refractivity contribution in [3.63, 3.8) is 0 Å². The topological polar surface area (TPSA) is 29.3 Å². The summed E-state index contributed by atoms with van der Waals surface area (Å²) in [6, 6.07) is 0.189. The zero-order chi connectivity index (χ0) is 9.84. The molecule has 74 valence electrons. The van der Waals surface area contributed by atoms with Gasteiger partial charge in [-0.2, -0.15) is 0 Å². The zero-order valence-corrected chi connectivity index (χ0v) is 8.96. The second-order valence-electron chi connectivity index (χ2n) is 3.73. The van der Waals surface area contributed by atoms with Crippen molar-refractivity contribution >= 4 is 11.6 Å². The van der Waals surface area contributed by atoms with Crippen molar-refractivity contribution in [1.82, 2.24) is 4.90 Å². The Balaban J connectivity index is 2.46. The smallest absolute Gasteiger partial charge is 0.105 e. The summed E-state index contributed by atoms with van der Waals surface area (Å²) in [6.07, 6.45) is 5.96. The Morgan fingerprint density at radius 2 is 2.31 bits per heavy atom. The molecule has 3 heteroatoms. The van der Waals surface area contributed by atoms with E-state index in [2.05, 4.69) is 24.8 Å².